The summed E-state index contributed by atoms with van der Waals surface area (Å²) in [5.74, 6) is 1.85. The second-order valence-corrected chi connectivity index (χ2v) is 5.91. The molecule has 8 nitrogen and oxygen atoms in total. The van der Waals surface area contributed by atoms with Crippen molar-refractivity contribution in [2.75, 3.05) is 32.7 Å². The molecule has 3 amide bonds. The zero-order valence-electron chi connectivity index (χ0n) is 12.7. The van der Waals surface area contributed by atoms with Gasteiger partial charge >= 0.3 is 6.03 Å². The summed E-state index contributed by atoms with van der Waals surface area (Å²) < 4.78 is 4.98. The van der Waals surface area contributed by atoms with Crippen molar-refractivity contribution in [1.29, 1.82) is 0 Å². The van der Waals surface area contributed by atoms with E-state index in [1.807, 2.05) is 4.90 Å². The number of carbonyl (C=O) groups is 2. The summed E-state index contributed by atoms with van der Waals surface area (Å²) in [7, 11) is 0. The minimum atomic E-state index is -0.143. The van der Waals surface area contributed by atoms with Crippen LogP contribution in [-0.4, -0.2) is 64.6 Å². The third kappa shape index (κ3) is 3.37. The average molecular weight is 307 g/mol. The molecule has 0 bridgehead atoms. The Balaban J connectivity index is 1.44. The van der Waals surface area contributed by atoms with Crippen molar-refractivity contribution < 1.29 is 14.1 Å². The summed E-state index contributed by atoms with van der Waals surface area (Å²) >= 11 is 0. The van der Waals surface area contributed by atoms with Crippen LogP contribution in [-0.2, 0) is 11.2 Å². The first-order valence-corrected chi connectivity index (χ1v) is 7.71. The molecule has 3 rings (SSSR count). The number of likely N-dealkylation sites (tertiary alicyclic amines) is 1. The molecule has 3 heterocycles. The van der Waals surface area contributed by atoms with Gasteiger partial charge in [-0.25, -0.2) is 4.79 Å². The number of aryl methyl sites for hydroxylation is 1. The van der Waals surface area contributed by atoms with Gasteiger partial charge in [0.15, 0.2) is 5.82 Å². The van der Waals surface area contributed by atoms with E-state index in [9.17, 15) is 9.59 Å². The van der Waals surface area contributed by atoms with Crippen LogP contribution in [0.15, 0.2) is 4.52 Å². The van der Waals surface area contributed by atoms with Crippen molar-refractivity contribution in [1.82, 2.24) is 25.3 Å². The van der Waals surface area contributed by atoms with Crippen molar-refractivity contribution in [3.63, 3.8) is 0 Å². The van der Waals surface area contributed by atoms with E-state index in [-0.39, 0.29) is 18.5 Å². The van der Waals surface area contributed by atoms with Gasteiger partial charge in [0.1, 0.15) is 6.54 Å². The van der Waals surface area contributed by atoms with Crippen LogP contribution in [0, 0.1) is 12.8 Å². The number of rotatable bonds is 4. The van der Waals surface area contributed by atoms with Crippen LogP contribution in [0.5, 0.6) is 0 Å². The molecule has 0 aromatic carbocycles. The van der Waals surface area contributed by atoms with Crippen molar-refractivity contribution in [3.05, 3.63) is 11.7 Å². The topological polar surface area (TPSA) is 91.6 Å². The number of hydrogen-bond donors (Lipinski definition) is 1. The van der Waals surface area contributed by atoms with Gasteiger partial charge in [-0.3, -0.25) is 4.79 Å². The van der Waals surface area contributed by atoms with Crippen molar-refractivity contribution >= 4 is 11.9 Å². The smallest absolute Gasteiger partial charge is 0.317 e. The second kappa shape index (κ2) is 6.33. The SMILES string of the molecule is Cc1nc(CC2CCN(C(=O)CN3CCNC3=O)CC2)no1. The maximum Gasteiger partial charge on any atom is 0.317 e. The Morgan fingerprint density at radius 1 is 1.36 bits per heavy atom. The molecule has 2 fully saturated rings. The molecule has 0 atom stereocenters. The number of carbonyl (C=O) groups excluding carboxylic acids is 2. The highest BCUT2D eigenvalue weighted by Crippen LogP contribution is 2.21. The second-order valence-electron chi connectivity index (χ2n) is 5.91. The molecule has 2 aliphatic heterocycles. The van der Waals surface area contributed by atoms with Crippen LogP contribution >= 0.6 is 0 Å². The van der Waals surface area contributed by atoms with Gasteiger partial charge in [-0.1, -0.05) is 5.16 Å². The minimum Gasteiger partial charge on any atom is -0.341 e. The Morgan fingerprint density at radius 2 is 2.14 bits per heavy atom. The van der Waals surface area contributed by atoms with Gasteiger partial charge in [-0.2, -0.15) is 4.98 Å². The summed E-state index contributed by atoms with van der Waals surface area (Å²) in [5.41, 5.74) is 0. The molecule has 1 aromatic heterocycles. The summed E-state index contributed by atoms with van der Waals surface area (Å²) in [6, 6.07) is -0.143. The molecule has 0 radical (unpaired) electrons. The highest BCUT2D eigenvalue weighted by Gasteiger charge is 2.28. The number of nitrogens with one attached hydrogen (secondary N) is 1. The number of piperidine rings is 1. The maximum atomic E-state index is 12.2. The molecule has 0 unspecified atom stereocenters. The quantitative estimate of drug-likeness (QED) is 0.857. The number of urea groups is 1. The predicted octanol–water partition coefficient (Wildman–Crippen LogP) is 0.184. The fraction of sp³-hybridized carbons (Fsp3) is 0.714. The molecule has 2 aliphatic rings. The van der Waals surface area contributed by atoms with E-state index in [4.69, 9.17) is 4.52 Å². The molecule has 0 aliphatic carbocycles. The van der Waals surface area contributed by atoms with Crippen molar-refractivity contribution in [2.45, 2.75) is 26.2 Å². The van der Waals surface area contributed by atoms with Gasteiger partial charge in [0.25, 0.3) is 0 Å². The van der Waals surface area contributed by atoms with Crippen LogP contribution in [0.1, 0.15) is 24.6 Å². The molecule has 0 spiro atoms. The van der Waals surface area contributed by atoms with Crippen molar-refractivity contribution in [3.8, 4) is 0 Å². The van der Waals surface area contributed by atoms with Crippen molar-refractivity contribution in [2.24, 2.45) is 5.92 Å². The highest BCUT2D eigenvalue weighted by molar-refractivity contribution is 5.85. The van der Waals surface area contributed by atoms with E-state index in [1.54, 1.807) is 11.8 Å². The predicted molar refractivity (Wildman–Crippen MR) is 77.0 cm³/mol. The Hall–Kier alpha value is -2.12. The summed E-state index contributed by atoms with van der Waals surface area (Å²) in [4.78, 5) is 31.3. The first-order chi connectivity index (χ1) is 10.6. The van der Waals surface area contributed by atoms with Gasteiger partial charge in [0.05, 0.1) is 0 Å². The fourth-order valence-electron chi connectivity index (χ4n) is 2.99. The number of amides is 3. The molecular formula is C14H21N5O3. The van der Waals surface area contributed by atoms with Crippen LogP contribution in [0.25, 0.3) is 0 Å². The maximum absolute atomic E-state index is 12.2. The molecule has 22 heavy (non-hydrogen) atoms. The lowest BCUT2D eigenvalue weighted by atomic mass is 9.93. The molecular weight excluding hydrogens is 286 g/mol. The monoisotopic (exact) mass is 307 g/mol. The van der Waals surface area contributed by atoms with Gasteiger partial charge in [-0.05, 0) is 18.8 Å². The molecule has 120 valence electrons. The van der Waals surface area contributed by atoms with Crippen LogP contribution in [0.3, 0.4) is 0 Å². The molecule has 1 N–H and O–H groups in total. The number of hydrogen-bond acceptors (Lipinski definition) is 5. The standard InChI is InChI=1S/C14H21N5O3/c1-10-16-12(17-22-10)8-11-2-5-18(6-3-11)13(20)9-19-7-4-15-14(19)21/h11H,2-9H2,1H3,(H,15,21). The van der Waals surface area contributed by atoms with E-state index in [0.717, 1.165) is 38.2 Å². The Kier molecular flexibility index (Phi) is 4.26. The Morgan fingerprint density at radius 3 is 2.73 bits per heavy atom. The first kappa shape index (κ1) is 14.8. The number of aromatic nitrogens is 2. The lowest BCUT2D eigenvalue weighted by Crippen LogP contribution is -2.45. The summed E-state index contributed by atoms with van der Waals surface area (Å²) in [6.45, 7) is 4.66. The third-order valence-electron chi connectivity index (χ3n) is 4.28. The molecule has 8 heteroatoms. The minimum absolute atomic E-state index is 0.0332. The lowest BCUT2D eigenvalue weighted by molar-refractivity contribution is -0.133. The fourth-order valence-corrected chi connectivity index (χ4v) is 2.99. The van der Waals surface area contributed by atoms with Crippen LogP contribution in [0.4, 0.5) is 4.79 Å². The summed E-state index contributed by atoms with van der Waals surface area (Å²) in [5, 5.41) is 6.63. The summed E-state index contributed by atoms with van der Waals surface area (Å²) in [6.07, 6.45) is 2.67. The zero-order chi connectivity index (χ0) is 15.5. The normalized spacial score (nSPS) is 19.6. The van der Waals surface area contributed by atoms with Gasteiger partial charge in [0, 0.05) is 39.5 Å². The van der Waals surface area contributed by atoms with E-state index >= 15 is 0 Å². The molecule has 2 saturated heterocycles. The van der Waals surface area contributed by atoms with Crippen LogP contribution < -0.4 is 5.32 Å². The molecule has 0 saturated carbocycles. The third-order valence-corrected chi connectivity index (χ3v) is 4.28. The van der Waals surface area contributed by atoms with Gasteiger partial charge < -0.3 is 19.6 Å². The highest BCUT2D eigenvalue weighted by atomic mass is 16.5. The van der Waals surface area contributed by atoms with E-state index in [0.29, 0.717) is 24.9 Å². The zero-order valence-corrected chi connectivity index (χ0v) is 12.7. The average Bonchev–Trinajstić information content (AvgIpc) is 3.09. The van der Waals surface area contributed by atoms with E-state index < -0.39 is 0 Å². The van der Waals surface area contributed by atoms with E-state index in [2.05, 4.69) is 15.5 Å². The molecule has 1 aromatic rings. The Bertz CT molecular complexity index is 550. The van der Waals surface area contributed by atoms with Gasteiger partial charge in [-0.15, -0.1) is 0 Å². The largest absolute Gasteiger partial charge is 0.341 e. The van der Waals surface area contributed by atoms with E-state index in [1.165, 1.54) is 0 Å². The lowest BCUT2D eigenvalue weighted by Gasteiger charge is -2.32. The Labute approximate surface area is 128 Å². The van der Waals surface area contributed by atoms with Crippen LogP contribution in [0.2, 0.25) is 0 Å². The van der Waals surface area contributed by atoms with Gasteiger partial charge in [0.2, 0.25) is 11.8 Å². The number of nitrogens with zero attached hydrogens (tertiary/aromatic N) is 4. The first-order valence-electron chi connectivity index (χ1n) is 7.71.